The van der Waals surface area contributed by atoms with Crippen LogP contribution in [0.3, 0.4) is 0 Å². The van der Waals surface area contributed by atoms with E-state index in [-0.39, 0.29) is 11.7 Å². The Bertz CT molecular complexity index is 756. The normalized spacial score (nSPS) is 11.3. The topological polar surface area (TPSA) is 88.8 Å². The number of hydrogen-bond acceptors (Lipinski definition) is 4. The maximum Gasteiger partial charge on any atom is 0.269 e. The molecule has 0 aliphatic heterocycles. The third-order valence-electron chi connectivity index (χ3n) is 3.86. The number of nitrogens with one attached hydrogen (secondary N) is 2. The molecule has 7 heteroatoms. The lowest BCUT2D eigenvalue weighted by Gasteiger charge is -2.15. The lowest BCUT2D eigenvalue weighted by Crippen LogP contribution is -2.41. The number of benzene rings is 2. The zero-order valence-electron chi connectivity index (χ0n) is 15.9. The van der Waals surface area contributed by atoms with Gasteiger partial charge in [-0.2, -0.15) is 0 Å². The van der Waals surface area contributed by atoms with Gasteiger partial charge in [-0.25, -0.2) is 4.99 Å². The second-order valence-corrected chi connectivity index (χ2v) is 6.41. The molecule has 0 unspecified atom stereocenters. The fourth-order valence-electron chi connectivity index (χ4n) is 2.44. The highest BCUT2D eigenvalue weighted by Crippen LogP contribution is 2.13. The summed E-state index contributed by atoms with van der Waals surface area (Å²) < 4.78 is 5.17. The minimum Gasteiger partial charge on any atom is -0.497 e. The summed E-state index contributed by atoms with van der Waals surface area (Å²) in [5.74, 6) is 1.57. The molecular formula is C20H26N4O3. The molecule has 0 radical (unpaired) electrons. The number of nitrogens with zero attached hydrogens (tertiary/aromatic N) is 2. The fraction of sp³-hybridized carbons (Fsp3) is 0.350. The van der Waals surface area contributed by atoms with Crippen LogP contribution in [0.15, 0.2) is 53.5 Å². The number of hydrogen-bond donors (Lipinski definition) is 2. The van der Waals surface area contributed by atoms with Crippen molar-refractivity contribution in [1.82, 2.24) is 10.6 Å². The zero-order chi connectivity index (χ0) is 19.6. The van der Waals surface area contributed by atoms with E-state index in [1.807, 2.05) is 38.1 Å². The number of aliphatic imine (C=N–C) groups is 1. The molecule has 0 saturated heterocycles. The molecule has 0 aromatic heterocycles. The maximum absolute atomic E-state index is 10.7. The van der Waals surface area contributed by atoms with Gasteiger partial charge in [0.05, 0.1) is 18.6 Å². The van der Waals surface area contributed by atoms with Crippen molar-refractivity contribution >= 4 is 11.6 Å². The monoisotopic (exact) mass is 370 g/mol. The molecule has 0 heterocycles. The number of nitro benzene ring substituents is 1. The standard InChI is InChI=1S/C20H26N4O3/c1-15(2)23-20(21-13-12-16-6-10-19(27-3)11-7-16)22-14-17-4-8-18(9-5-17)24(25)26/h4-11,15H,12-14H2,1-3H3,(H2,21,22,23). The molecule has 7 nitrogen and oxygen atoms in total. The minimum absolute atomic E-state index is 0.0841. The summed E-state index contributed by atoms with van der Waals surface area (Å²) in [5.41, 5.74) is 2.21. The number of methoxy groups -OCH3 is 1. The van der Waals surface area contributed by atoms with E-state index in [2.05, 4.69) is 15.6 Å². The molecule has 2 aromatic rings. The van der Waals surface area contributed by atoms with Crippen LogP contribution in [0.25, 0.3) is 0 Å². The molecule has 0 bridgehead atoms. The van der Waals surface area contributed by atoms with Gasteiger partial charge in [-0.3, -0.25) is 10.1 Å². The summed E-state index contributed by atoms with van der Waals surface area (Å²) in [6.45, 7) is 5.28. The molecule has 0 amide bonds. The second kappa shape index (κ2) is 10.2. The summed E-state index contributed by atoms with van der Waals surface area (Å²) in [6.07, 6.45) is 0.861. The fourth-order valence-corrected chi connectivity index (χ4v) is 2.44. The Balaban J connectivity index is 1.92. The van der Waals surface area contributed by atoms with Crippen LogP contribution < -0.4 is 15.4 Å². The molecule has 0 aliphatic rings. The lowest BCUT2D eigenvalue weighted by molar-refractivity contribution is -0.384. The summed E-state index contributed by atoms with van der Waals surface area (Å²) in [5, 5.41) is 17.3. The van der Waals surface area contributed by atoms with Gasteiger partial charge in [0, 0.05) is 24.7 Å². The highest BCUT2D eigenvalue weighted by Gasteiger charge is 2.05. The average Bonchev–Trinajstić information content (AvgIpc) is 2.66. The largest absolute Gasteiger partial charge is 0.497 e. The Kier molecular flexibility index (Phi) is 7.61. The molecule has 0 fully saturated rings. The Morgan fingerprint density at radius 2 is 1.74 bits per heavy atom. The second-order valence-electron chi connectivity index (χ2n) is 6.41. The van der Waals surface area contributed by atoms with E-state index in [1.54, 1.807) is 19.2 Å². The van der Waals surface area contributed by atoms with Crippen molar-refractivity contribution in [2.75, 3.05) is 13.7 Å². The first kappa shape index (κ1) is 20.2. The number of rotatable bonds is 8. The average molecular weight is 370 g/mol. The Morgan fingerprint density at radius 1 is 1.11 bits per heavy atom. The van der Waals surface area contributed by atoms with Crippen molar-refractivity contribution < 1.29 is 9.66 Å². The van der Waals surface area contributed by atoms with Crippen molar-refractivity contribution in [3.63, 3.8) is 0 Å². The molecule has 2 rings (SSSR count). The maximum atomic E-state index is 10.7. The number of nitro groups is 1. The van der Waals surface area contributed by atoms with Gasteiger partial charge in [0.25, 0.3) is 5.69 Å². The number of guanidine groups is 1. The zero-order valence-corrected chi connectivity index (χ0v) is 15.9. The van der Waals surface area contributed by atoms with Gasteiger partial charge >= 0.3 is 0 Å². The minimum atomic E-state index is -0.403. The van der Waals surface area contributed by atoms with Gasteiger partial charge in [-0.15, -0.1) is 0 Å². The van der Waals surface area contributed by atoms with Crippen LogP contribution in [0, 0.1) is 10.1 Å². The molecule has 0 saturated carbocycles. The predicted molar refractivity (Wildman–Crippen MR) is 107 cm³/mol. The van der Waals surface area contributed by atoms with E-state index >= 15 is 0 Å². The van der Waals surface area contributed by atoms with E-state index in [9.17, 15) is 10.1 Å². The van der Waals surface area contributed by atoms with Crippen molar-refractivity contribution in [2.24, 2.45) is 4.99 Å². The number of non-ortho nitro benzene ring substituents is 1. The molecule has 0 spiro atoms. The third-order valence-corrected chi connectivity index (χ3v) is 3.86. The Labute approximate surface area is 159 Å². The smallest absolute Gasteiger partial charge is 0.269 e. The first-order valence-electron chi connectivity index (χ1n) is 8.89. The lowest BCUT2D eigenvalue weighted by atomic mass is 10.1. The molecular weight excluding hydrogens is 344 g/mol. The van der Waals surface area contributed by atoms with Crippen LogP contribution in [0.4, 0.5) is 5.69 Å². The molecule has 0 aliphatic carbocycles. The van der Waals surface area contributed by atoms with Gasteiger partial charge < -0.3 is 15.4 Å². The molecule has 2 N–H and O–H groups in total. The quantitative estimate of drug-likeness (QED) is 0.322. The molecule has 0 atom stereocenters. The van der Waals surface area contributed by atoms with Gasteiger partial charge in [-0.05, 0) is 43.5 Å². The van der Waals surface area contributed by atoms with Crippen LogP contribution in [-0.2, 0) is 13.0 Å². The van der Waals surface area contributed by atoms with Crippen molar-refractivity contribution in [2.45, 2.75) is 32.9 Å². The summed E-state index contributed by atoms with van der Waals surface area (Å²) in [7, 11) is 1.65. The molecule has 2 aromatic carbocycles. The van der Waals surface area contributed by atoms with Crippen molar-refractivity contribution in [3.8, 4) is 5.75 Å². The highest BCUT2D eigenvalue weighted by molar-refractivity contribution is 5.80. The van der Waals surface area contributed by atoms with E-state index < -0.39 is 4.92 Å². The van der Waals surface area contributed by atoms with Crippen LogP contribution >= 0.6 is 0 Å². The summed E-state index contributed by atoms with van der Waals surface area (Å²) in [6, 6.07) is 14.7. The Hall–Kier alpha value is -3.09. The van der Waals surface area contributed by atoms with Gasteiger partial charge in [0.2, 0.25) is 0 Å². The highest BCUT2D eigenvalue weighted by atomic mass is 16.6. The van der Waals surface area contributed by atoms with Gasteiger partial charge in [-0.1, -0.05) is 24.3 Å². The molecule has 27 heavy (non-hydrogen) atoms. The van der Waals surface area contributed by atoms with E-state index in [4.69, 9.17) is 4.74 Å². The molecule has 144 valence electrons. The summed E-state index contributed by atoms with van der Waals surface area (Å²) in [4.78, 5) is 14.9. The SMILES string of the molecule is COc1ccc(CCNC(=NCc2ccc([N+](=O)[O-])cc2)NC(C)C)cc1. The van der Waals surface area contributed by atoms with Crippen LogP contribution in [0.2, 0.25) is 0 Å². The summed E-state index contributed by atoms with van der Waals surface area (Å²) >= 11 is 0. The van der Waals surface area contributed by atoms with Crippen LogP contribution in [0.1, 0.15) is 25.0 Å². The van der Waals surface area contributed by atoms with E-state index in [0.29, 0.717) is 6.54 Å². The first-order valence-corrected chi connectivity index (χ1v) is 8.89. The Morgan fingerprint density at radius 3 is 2.30 bits per heavy atom. The van der Waals surface area contributed by atoms with Gasteiger partial charge in [0.15, 0.2) is 5.96 Å². The van der Waals surface area contributed by atoms with Crippen LogP contribution in [-0.4, -0.2) is 30.6 Å². The first-order chi connectivity index (χ1) is 13.0. The third kappa shape index (κ3) is 6.97. The van der Waals surface area contributed by atoms with Crippen molar-refractivity contribution in [3.05, 3.63) is 69.8 Å². The number of ether oxygens (including phenoxy) is 1. The van der Waals surface area contributed by atoms with E-state index in [0.717, 1.165) is 30.2 Å². The van der Waals surface area contributed by atoms with Crippen LogP contribution in [0.5, 0.6) is 5.75 Å². The van der Waals surface area contributed by atoms with Gasteiger partial charge in [0.1, 0.15) is 5.75 Å². The predicted octanol–water partition coefficient (Wildman–Crippen LogP) is 3.29. The van der Waals surface area contributed by atoms with Crippen molar-refractivity contribution in [1.29, 1.82) is 0 Å². The van der Waals surface area contributed by atoms with E-state index in [1.165, 1.54) is 17.7 Å².